The molecule has 6 nitrogen and oxygen atoms in total. The van der Waals surface area contributed by atoms with Gasteiger partial charge in [0.2, 0.25) is 5.91 Å². The third-order valence-corrected chi connectivity index (χ3v) is 4.31. The Morgan fingerprint density at radius 2 is 1.96 bits per heavy atom. The topological polar surface area (TPSA) is 76.9 Å². The van der Waals surface area contributed by atoms with Gasteiger partial charge in [0, 0.05) is 23.8 Å². The van der Waals surface area contributed by atoms with Gasteiger partial charge in [0.15, 0.2) is 11.6 Å². The van der Waals surface area contributed by atoms with Crippen molar-refractivity contribution in [1.82, 2.24) is 20.1 Å². The molecule has 0 atom stereocenters. The van der Waals surface area contributed by atoms with Gasteiger partial charge in [-0.3, -0.25) is 9.59 Å². The van der Waals surface area contributed by atoms with Crippen molar-refractivity contribution in [3.8, 4) is 11.4 Å². The van der Waals surface area contributed by atoms with E-state index in [2.05, 4.69) is 21.5 Å². The van der Waals surface area contributed by atoms with Crippen LogP contribution < -0.4 is 5.32 Å². The van der Waals surface area contributed by atoms with Gasteiger partial charge >= 0.3 is 0 Å². The molecule has 1 N–H and O–H groups in total. The van der Waals surface area contributed by atoms with Crippen molar-refractivity contribution >= 4 is 17.9 Å². The van der Waals surface area contributed by atoms with Gasteiger partial charge in [-0.15, -0.1) is 5.10 Å². The quantitative estimate of drug-likeness (QED) is 0.821. The van der Waals surface area contributed by atoms with Crippen LogP contribution in [0.15, 0.2) is 30.6 Å². The highest BCUT2D eigenvalue weighted by atomic mass is 16.2. The van der Waals surface area contributed by atoms with Crippen molar-refractivity contribution in [2.75, 3.05) is 6.54 Å². The molecule has 1 aliphatic carbocycles. The maximum atomic E-state index is 11.9. The van der Waals surface area contributed by atoms with Crippen LogP contribution in [0.5, 0.6) is 0 Å². The van der Waals surface area contributed by atoms with Crippen molar-refractivity contribution in [3.05, 3.63) is 41.7 Å². The highest BCUT2D eigenvalue weighted by molar-refractivity contribution is 5.96. The van der Waals surface area contributed by atoms with Crippen LogP contribution in [0.4, 0.5) is 0 Å². The highest BCUT2D eigenvalue weighted by Gasteiger charge is 2.24. The normalized spacial score (nSPS) is 14.5. The molecular weight excluding hydrogens is 316 g/mol. The van der Waals surface area contributed by atoms with Crippen LogP contribution in [0.1, 0.15) is 30.4 Å². The predicted molar refractivity (Wildman–Crippen MR) is 95.6 cm³/mol. The van der Waals surface area contributed by atoms with Gasteiger partial charge in [0.25, 0.3) is 0 Å². The van der Waals surface area contributed by atoms with Crippen LogP contribution in [0.2, 0.25) is 0 Å². The fourth-order valence-electron chi connectivity index (χ4n) is 2.79. The van der Waals surface area contributed by atoms with E-state index in [1.165, 1.54) is 10.8 Å². The number of carbonyl (C=O) groups is 2. The van der Waals surface area contributed by atoms with E-state index in [0.717, 1.165) is 36.0 Å². The second-order valence-corrected chi connectivity index (χ2v) is 6.55. The van der Waals surface area contributed by atoms with E-state index < -0.39 is 0 Å². The fraction of sp³-hybridized carbons (Fsp3) is 0.368. The molecule has 2 aromatic rings. The summed E-state index contributed by atoms with van der Waals surface area (Å²) < 4.78 is 1.50. The number of amides is 1. The molecule has 6 heteroatoms. The molecule has 1 aromatic carbocycles. The van der Waals surface area contributed by atoms with Gasteiger partial charge in [-0.2, -0.15) is 0 Å². The lowest BCUT2D eigenvalue weighted by molar-refractivity contribution is -0.129. The number of nitrogens with zero attached hydrogens (tertiary/aromatic N) is 3. The summed E-state index contributed by atoms with van der Waals surface area (Å²) in [7, 11) is 0. The molecule has 0 saturated heterocycles. The highest BCUT2D eigenvalue weighted by Crippen LogP contribution is 2.26. The first-order chi connectivity index (χ1) is 12.0. The van der Waals surface area contributed by atoms with Crippen molar-refractivity contribution < 1.29 is 9.59 Å². The van der Waals surface area contributed by atoms with Crippen LogP contribution in [0, 0.1) is 19.8 Å². The van der Waals surface area contributed by atoms with Crippen LogP contribution in [0.3, 0.4) is 0 Å². The maximum absolute atomic E-state index is 11.9. The molecule has 0 bridgehead atoms. The minimum absolute atomic E-state index is 0.0183. The standard InChI is InChI=1S/C19H22N4O2/c1-13-8-14(2)10-16(9-13)18-21-12-23(22-18)7-6-17(24)11-20-19(25)15-4-3-5-15/h6-10,12,15H,3-5,11H2,1-2H3,(H,20,25)/b7-6-. The summed E-state index contributed by atoms with van der Waals surface area (Å²) in [6.45, 7) is 4.08. The Hall–Kier alpha value is -2.76. The molecule has 3 rings (SSSR count). The lowest BCUT2D eigenvalue weighted by Gasteiger charge is -2.23. The minimum Gasteiger partial charge on any atom is -0.348 e. The zero-order valence-electron chi connectivity index (χ0n) is 14.5. The fourth-order valence-corrected chi connectivity index (χ4v) is 2.79. The van der Waals surface area contributed by atoms with Gasteiger partial charge in [0.05, 0.1) is 6.54 Å². The van der Waals surface area contributed by atoms with Crippen molar-refractivity contribution in [2.24, 2.45) is 5.92 Å². The van der Waals surface area contributed by atoms with Crippen molar-refractivity contribution in [2.45, 2.75) is 33.1 Å². The van der Waals surface area contributed by atoms with E-state index in [-0.39, 0.29) is 24.2 Å². The molecule has 0 unspecified atom stereocenters. The van der Waals surface area contributed by atoms with Gasteiger partial charge in [-0.1, -0.05) is 23.6 Å². The first-order valence-electron chi connectivity index (χ1n) is 8.50. The number of aromatic nitrogens is 3. The molecule has 1 amide bonds. The average molecular weight is 338 g/mol. The Bertz CT molecular complexity index is 798. The minimum atomic E-state index is -0.170. The third kappa shape index (κ3) is 4.41. The zero-order chi connectivity index (χ0) is 17.8. The maximum Gasteiger partial charge on any atom is 0.223 e. The molecule has 1 saturated carbocycles. The summed E-state index contributed by atoms with van der Waals surface area (Å²) in [4.78, 5) is 27.8. The van der Waals surface area contributed by atoms with Crippen LogP contribution in [-0.4, -0.2) is 33.0 Å². The first-order valence-corrected chi connectivity index (χ1v) is 8.50. The zero-order valence-corrected chi connectivity index (χ0v) is 14.5. The van der Waals surface area contributed by atoms with E-state index in [1.54, 1.807) is 12.5 Å². The first kappa shape index (κ1) is 17.1. The summed E-state index contributed by atoms with van der Waals surface area (Å²) in [5.41, 5.74) is 3.25. The molecule has 1 heterocycles. The van der Waals surface area contributed by atoms with E-state index in [4.69, 9.17) is 0 Å². The number of hydrogen-bond acceptors (Lipinski definition) is 4. The van der Waals surface area contributed by atoms with Crippen LogP contribution in [-0.2, 0) is 9.59 Å². The van der Waals surface area contributed by atoms with Gasteiger partial charge in [-0.05, 0) is 38.8 Å². The van der Waals surface area contributed by atoms with E-state index in [1.807, 2.05) is 26.0 Å². The molecular formula is C19H22N4O2. The number of rotatable bonds is 6. The second-order valence-electron chi connectivity index (χ2n) is 6.55. The van der Waals surface area contributed by atoms with Crippen LogP contribution in [0.25, 0.3) is 17.6 Å². The monoisotopic (exact) mass is 338 g/mol. The molecule has 1 aromatic heterocycles. The molecule has 1 aliphatic rings. The third-order valence-electron chi connectivity index (χ3n) is 4.31. The molecule has 0 aliphatic heterocycles. The van der Waals surface area contributed by atoms with Gasteiger partial charge in [0.1, 0.15) is 6.33 Å². The molecule has 25 heavy (non-hydrogen) atoms. The summed E-state index contributed by atoms with van der Waals surface area (Å²) >= 11 is 0. The SMILES string of the molecule is Cc1cc(C)cc(-c2ncn(/C=C\C(=O)CNC(=O)C3CCC3)n2)c1. The van der Waals surface area contributed by atoms with Crippen molar-refractivity contribution in [3.63, 3.8) is 0 Å². The van der Waals surface area contributed by atoms with Gasteiger partial charge < -0.3 is 5.32 Å². The number of aryl methyl sites for hydroxylation is 2. The smallest absolute Gasteiger partial charge is 0.223 e. The lowest BCUT2D eigenvalue weighted by atomic mass is 9.85. The van der Waals surface area contributed by atoms with Gasteiger partial charge in [-0.25, -0.2) is 9.67 Å². The summed E-state index contributed by atoms with van der Waals surface area (Å²) in [5, 5.41) is 7.04. The predicted octanol–water partition coefficient (Wildman–Crippen LogP) is 2.52. The number of hydrogen-bond donors (Lipinski definition) is 1. The Balaban J connectivity index is 1.57. The van der Waals surface area contributed by atoms with Crippen molar-refractivity contribution in [1.29, 1.82) is 0 Å². The summed E-state index contributed by atoms with van der Waals surface area (Å²) in [6, 6.07) is 6.14. The lowest BCUT2D eigenvalue weighted by Crippen LogP contribution is -2.37. The Kier molecular flexibility index (Phi) is 5.07. The Morgan fingerprint density at radius 1 is 1.24 bits per heavy atom. The number of ketones is 1. The second kappa shape index (κ2) is 7.42. The number of carbonyl (C=O) groups excluding carboxylic acids is 2. The van der Waals surface area contributed by atoms with E-state index in [0.29, 0.717) is 5.82 Å². The molecule has 130 valence electrons. The molecule has 0 radical (unpaired) electrons. The average Bonchev–Trinajstić information content (AvgIpc) is 2.97. The van der Waals surface area contributed by atoms with E-state index in [9.17, 15) is 9.59 Å². The van der Waals surface area contributed by atoms with Crippen LogP contribution >= 0.6 is 0 Å². The molecule has 0 spiro atoms. The number of nitrogens with one attached hydrogen (secondary N) is 1. The Morgan fingerprint density at radius 3 is 2.60 bits per heavy atom. The Labute approximate surface area is 147 Å². The summed E-state index contributed by atoms with van der Waals surface area (Å²) in [6.07, 6.45) is 7.47. The van der Waals surface area contributed by atoms with E-state index >= 15 is 0 Å². The molecule has 1 fully saturated rings. The largest absolute Gasteiger partial charge is 0.348 e. The number of benzene rings is 1. The summed E-state index contributed by atoms with van der Waals surface area (Å²) in [5.74, 6) is 0.511.